The van der Waals surface area contributed by atoms with Crippen LogP contribution in [0.3, 0.4) is 0 Å². The molecule has 0 bridgehead atoms. The summed E-state index contributed by atoms with van der Waals surface area (Å²) in [5.74, 6) is -1.13. The Kier molecular flexibility index (Phi) is 35.7. The Morgan fingerprint density at radius 2 is 0.703 bits per heavy atom. The van der Waals surface area contributed by atoms with Crippen LogP contribution in [0.4, 0.5) is 11.4 Å². The number of aryl methyl sites for hydroxylation is 2. The number of carbonyl (C=O) groups is 8. The zero-order valence-electron chi connectivity index (χ0n) is 54.5. The first-order valence-electron chi connectivity index (χ1n) is 32.8. The third kappa shape index (κ3) is 26.4. The summed E-state index contributed by atoms with van der Waals surface area (Å²) in [6, 6.07) is 20.1. The van der Waals surface area contributed by atoms with Gasteiger partial charge in [0.05, 0.1) is 56.7 Å². The van der Waals surface area contributed by atoms with Gasteiger partial charge in [-0.15, -0.1) is 0 Å². The van der Waals surface area contributed by atoms with Crippen LogP contribution in [-0.4, -0.2) is 107 Å². The van der Waals surface area contributed by atoms with Gasteiger partial charge in [-0.05, 0) is 214 Å². The summed E-state index contributed by atoms with van der Waals surface area (Å²) in [4.78, 5) is 108. The quantitative estimate of drug-likeness (QED) is 0.0150. The van der Waals surface area contributed by atoms with Crippen LogP contribution in [0.5, 0.6) is 23.0 Å². The van der Waals surface area contributed by atoms with Crippen LogP contribution in [0.1, 0.15) is 213 Å². The number of ketones is 5. The van der Waals surface area contributed by atoms with Crippen LogP contribution in [0.15, 0.2) is 72.8 Å². The van der Waals surface area contributed by atoms with Gasteiger partial charge in [-0.2, -0.15) is 0 Å². The fourth-order valence-electron chi connectivity index (χ4n) is 11.5. The number of methoxy groups -OCH3 is 4. The number of rotatable bonds is 50. The lowest BCUT2D eigenvalue weighted by atomic mass is 9.88. The first-order chi connectivity index (χ1) is 43.9. The van der Waals surface area contributed by atoms with E-state index in [1.807, 2.05) is 18.2 Å². The van der Waals surface area contributed by atoms with Gasteiger partial charge < -0.3 is 64.0 Å². The SMILES string of the molecule is COc1ccc(CCCC(=O)C(CCCCN)CCCC(=O)c2cc(NC(=O)C(CCCCN)CCCC(=O)c3cc(NC(=O)C(CCCCN)CCCC(=O)c4cc(CCCC(=O)C(N)CCCCN)ccc4OC)ccc3OC)ccc2OC)cc1C(N)=O. The van der Waals surface area contributed by atoms with Crippen molar-refractivity contribution in [2.24, 2.45) is 52.2 Å². The Labute approximate surface area is 539 Å². The van der Waals surface area contributed by atoms with E-state index in [0.29, 0.717) is 194 Å². The van der Waals surface area contributed by atoms with E-state index >= 15 is 0 Å². The summed E-state index contributed by atoms with van der Waals surface area (Å²) in [7, 11) is 5.94. The second-order valence-corrected chi connectivity index (χ2v) is 23.7. The van der Waals surface area contributed by atoms with Crippen molar-refractivity contribution in [2.75, 3.05) is 65.3 Å². The van der Waals surface area contributed by atoms with E-state index in [-0.39, 0.29) is 77.0 Å². The molecule has 4 atom stereocenters. The molecule has 0 aliphatic carbocycles. The molecule has 14 N–H and O–H groups in total. The fraction of sp³-hybridized carbons (Fsp3) is 0.549. The molecule has 500 valence electrons. The zero-order chi connectivity index (χ0) is 66.5. The normalized spacial score (nSPS) is 12.5. The topological polar surface area (TPSA) is 354 Å². The number of Topliss-reactive ketones (excluding diaryl/α,β-unsaturated/α-hetero) is 5. The van der Waals surface area contributed by atoms with Crippen molar-refractivity contribution in [3.63, 3.8) is 0 Å². The number of nitrogens with one attached hydrogen (secondary N) is 2. The molecule has 0 aliphatic heterocycles. The van der Waals surface area contributed by atoms with Gasteiger partial charge in [-0.25, -0.2) is 0 Å². The summed E-state index contributed by atoms with van der Waals surface area (Å²) >= 11 is 0. The third-order valence-electron chi connectivity index (χ3n) is 16.9. The summed E-state index contributed by atoms with van der Waals surface area (Å²) in [5, 5.41) is 6.04. The second-order valence-electron chi connectivity index (χ2n) is 23.7. The van der Waals surface area contributed by atoms with Gasteiger partial charge in [-0.3, -0.25) is 38.4 Å². The van der Waals surface area contributed by atoms with Crippen molar-refractivity contribution in [3.8, 4) is 23.0 Å². The van der Waals surface area contributed by atoms with Crippen molar-refractivity contribution in [1.29, 1.82) is 0 Å². The molecular weight excluding hydrogens is 1160 g/mol. The summed E-state index contributed by atoms with van der Waals surface area (Å²) in [6.07, 6.45) is 14.4. The monoisotopic (exact) mass is 1260 g/mol. The lowest BCUT2D eigenvalue weighted by molar-refractivity contribution is -0.123. The fourth-order valence-corrected chi connectivity index (χ4v) is 11.5. The number of hydrogen-bond acceptors (Lipinski definition) is 17. The van der Waals surface area contributed by atoms with Crippen LogP contribution in [0, 0.1) is 17.8 Å². The van der Waals surface area contributed by atoms with E-state index in [1.54, 1.807) is 54.6 Å². The van der Waals surface area contributed by atoms with Crippen LogP contribution >= 0.6 is 0 Å². The van der Waals surface area contributed by atoms with Crippen molar-refractivity contribution in [1.82, 2.24) is 0 Å². The van der Waals surface area contributed by atoms with Crippen molar-refractivity contribution >= 4 is 58.0 Å². The number of unbranched alkanes of at least 4 members (excludes halogenated alkanes) is 4. The van der Waals surface area contributed by atoms with Gasteiger partial charge in [0, 0.05) is 61.2 Å². The Bertz CT molecular complexity index is 2970. The molecule has 20 heteroatoms. The van der Waals surface area contributed by atoms with Gasteiger partial charge in [0.2, 0.25) is 11.8 Å². The minimum absolute atomic E-state index is 0.0180. The van der Waals surface area contributed by atoms with Gasteiger partial charge >= 0.3 is 0 Å². The van der Waals surface area contributed by atoms with E-state index in [1.165, 1.54) is 28.4 Å². The molecule has 4 rings (SSSR count). The number of primary amides is 1. The first kappa shape index (κ1) is 76.1. The largest absolute Gasteiger partial charge is 0.496 e. The van der Waals surface area contributed by atoms with Crippen molar-refractivity contribution in [3.05, 3.63) is 106 Å². The lowest BCUT2D eigenvalue weighted by Crippen LogP contribution is -2.30. The average molecular weight is 1260 g/mol. The van der Waals surface area contributed by atoms with Crippen molar-refractivity contribution < 1.29 is 57.3 Å². The van der Waals surface area contributed by atoms with E-state index in [9.17, 15) is 38.4 Å². The Hall–Kier alpha value is -7.36. The highest BCUT2D eigenvalue weighted by atomic mass is 16.5. The van der Waals surface area contributed by atoms with Gasteiger partial charge in [-0.1, -0.05) is 37.8 Å². The smallest absolute Gasteiger partial charge is 0.252 e. The number of amides is 3. The first-order valence-corrected chi connectivity index (χ1v) is 32.8. The van der Waals surface area contributed by atoms with Gasteiger partial charge in [0.25, 0.3) is 5.91 Å². The Balaban J connectivity index is 1.36. The van der Waals surface area contributed by atoms with Gasteiger partial charge in [0.15, 0.2) is 17.3 Å². The predicted octanol–water partition coefficient (Wildman–Crippen LogP) is 10.3. The Morgan fingerprint density at radius 3 is 1.10 bits per heavy atom. The molecule has 0 saturated heterocycles. The van der Waals surface area contributed by atoms with Crippen molar-refractivity contribution in [2.45, 2.75) is 179 Å². The molecule has 0 spiro atoms. The van der Waals surface area contributed by atoms with Crippen LogP contribution in [0.25, 0.3) is 0 Å². The number of nitrogens with two attached hydrogens (primary N) is 6. The number of anilines is 2. The molecule has 0 aromatic heterocycles. The highest BCUT2D eigenvalue weighted by Gasteiger charge is 2.26. The summed E-state index contributed by atoms with van der Waals surface area (Å²) in [6.45, 7) is 2.01. The molecule has 0 radical (unpaired) electrons. The second kappa shape index (κ2) is 42.7. The minimum atomic E-state index is -0.590. The molecule has 4 unspecified atom stereocenters. The molecular formula is C71H104N8O12. The van der Waals surface area contributed by atoms with Crippen LogP contribution in [0.2, 0.25) is 0 Å². The Morgan fingerprint density at radius 1 is 0.374 bits per heavy atom. The van der Waals surface area contributed by atoms with Gasteiger partial charge in [0.1, 0.15) is 34.6 Å². The van der Waals surface area contributed by atoms with Crippen LogP contribution < -0.4 is 64.0 Å². The molecule has 3 amide bonds. The number of ether oxygens (including phenoxy) is 4. The molecule has 0 aliphatic rings. The van der Waals surface area contributed by atoms with E-state index in [2.05, 4.69) is 10.6 Å². The number of carbonyl (C=O) groups excluding carboxylic acids is 8. The lowest BCUT2D eigenvalue weighted by Gasteiger charge is -2.19. The average Bonchev–Trinajstić information content (AvgIpc) is 1.70. The molecule has 0 heterocycles. The maximum absolute atomic E-state index is 14.1. The molecule has 4 aromatic rings. The standard InChI is InChI=1S/C71H104N8O12/c1-88-65-36-32-48(19-14-31-64(84)59(76)26-8-12-43-75)44-55(65)61(81)29-16-24-51(21-6-10-41-73)70(86)79-54-35-39-67(90-3)57(47-54)63(83)30-17-25-52(22-7-11-42-74)71(87)78-53-34-38-66(89-2)56(46-53)62(82)28-15-23-50(20-5-9-40-72)60(80)27-13-18-49-33-37-68(91-4)58(45-49)69(77)85/h32-39,44-47,50-52,59H,5-31,40-43,72-76H2,1-4H3,(H2,77,85)(H,78,87)(H,79,86). The summed E-state index contributed by atoms with van der Waals surface area (Å²) < 4.78 is 22.0. The highest BCUT2D eigenvalue weighted by Crippen LogP contribution is 2.32. The molecule has 0 saturated carbocycles. The maximum atomic E-state index is 14.1. The molecule has 91 heavy (non-hydrogen) atoms. The molecule has 4 aromatic carbocycles. The number of benzene rings is 4. The summed E-state index contributed by atoms with van der Waals surface area (Å²) in [5.41, 5.74) is 38.7. The van der Waals surface area contributed by atoms with E-state index in [4.69, 9.17) is 53.3 Å². The molecule has 20 nitrogen and oxygen atoms in total. The highest BCUT2D eigenvalue weighted by molar-refractivity contribution is 6.03. The molecule has 0 fully saturated rings. The predicted molar refractivity (Wildman–Crippen MR) is 358 cm³/mol. The zero-order valence-corrected chi connectivity index (χ0v) is 54.5. The van der Waals surface area contributed by atoms with E-state index in [0.717, 1.165) is 43.2 Å². The third-order valence-corrected chi connectivity index (χ3v) is 16.9. The minimum Gasteiger partial charge on any atom is -0.496 e. The number of hydrogen-bond donors (Lipinski definition) is 8. The van der Waals surface area contributed by atoms with Crippen LogP contribution in [-0.2, 0) is 32.0 Å². The van der Waals surface area contributed by atoms with E-state index < -0.39 is 23.8 Å². The maximum Gasteiger partial charge on any atom is 0.252 e.